The molecule has 1 aliphatic carbocycles. The Morgan fingerprint density at radius 2 is 2.04 bits per heavy atom. The average Bonchev–Trinajstić information content (AvgIpc) is 2.90. The van der Waals surface area contributed by atoms with E-state index in [0.717, 1.165) is 41.7 Å². The van der Waals surface area contributed by atoms with Gasteiger partial charge in [0.05, 0.1) is 5.56 Å². The molecule has 1 heterocycles. The van der Waals surface area contributed by atoms with Crippen LogP contribution in [0, 0.1) is 0 Å². The van der Waals surface area contributed by atoms with Gasteiger partial charge >= 0.3 is 6.03 Å². The lowest BCUT2D eigenvalue weighted by molar-refractivity contribution is 0.100. The molecule has 1 atom stereocenters. The molecule has 1 aromatic heterocycles. The number of benzene rings is 1. The number of hydrogen-bond donors (Lipinski definition) is 3. The van der Waals surface area contributed by atoms with E-state index in [1.807, 2.05) is 12.1 Å². The third kappa shape index (κ3) is 2.89. The van der Waals surface area contributed by atoms with Crippen molar-refractivity contribution < 1.29 is 9.59 Å². The third-order valence-electron chi connectivity index (χ3n) is 4.49. The second-order valence-electron chi connectivity index (χ2n) is 6.10. The van der Waals surface area contributed by atoms with E-state index in [1.54, 1.807) is 0 Å². The smallest absolute Gasteiger partial charge is 0.317 e. The summed E-state index contributed by atoms with van der Waals surface area (Å²) in [5.74, 6) is -0.160. The molecule has 0 fully saturated rings. The van der Waals surface area contributed by atoms with Gasteiger partial charge in [-0.15, -0.1) is 11.3 Å². The van der Waals surface area contributed by atoms with Crippen LogP contribution in [0.1, 0.15) is 53.6 Å². The minimum absolute atomic E-state index is 0.364. The zero-order valence-corrected chi connectivity index (χ0v) is 14.4. The number of fused-ring (bicyclic) bond motifs is 3. The highest BCUT2D eigenvalue weighted by Crippen LogP contribution is 2.49. The average molecular weight is 343 g/mol. The highest BCUT2D eigenvalue weighted by atomic mass is 32.1. The normalized spacial score (nSPS) is 15.5. The van der Waals surface area contributed by atoms with Crippen molar-refractivity contribution in [1.29, 1.82) is 0 Å². The highest BCUT2D eigenvalue weighted by molar-refractivity contribution is 7.20. The molecule has 1 aromatic carbocycles. The van der Waals surface area contributed by atoms with E-state index >= 15 is 0 Å². The van der Waals surface area contributed by atoms with Gasteiger partial charge in [-0.3, -0.25) is 10.1 Å². The molecule has 126 valence electrons. The van der Waals surface area contributed by atoms with Crippen LogP contribution in [0.15, 0.2) is 24.3 Å². The van der Waals surface area contributed by atoms with E-state index in [9.17, 15) is 9.59 Å². The van der Waals surface area contributed by atoms with Crippen molar-refractivity contribution in [1.82, 2.24) is 0 Å². The van der Waals surface area contributed by atoms with Crippen molar-refractivity contribution in [3.05, 3.63) is 41.0 Å². The Morgan fingerprint density at radius 3 is 2.71 bits per heavy atom. The molecule has 3 rings (SSSR count). The molecule has 6 heteroatoms. The minimum Gasteiger partial charge on any atom is -0.365 e. The van der Waals surface area contributed by atoms with Crippen LogP contribution in [-0.4, -0.2) is 11.9 Å². The quantitative estimate of drug-likeness (QED) is 0.768. The predicted molar refractivity (Wildman–Crippen MR) is 97.4 cm³/mol. The van der Waals surface area contributed by atoms with Crippen molar-refractivity contribution >= 4 is 28.3 Å². The molecule has 24 heavy (non-hydrogen) atoms. The number of primary amides is 2. The van der Waals surface area contributed by atoms with Gasteiger partial charge in [0, 0.05) is 4.88 Å². The molecular weight excluding hydrogens is 322 g/mol. The van der Waals surface area contributed by atoms with Gasteiger partial charge < -0.3 is 11.5 Å². The third-order valence-corrected chi connectivity index (χ3v) is 5.67. The van der Waals surface area contributed by atoms with E-state index in [0.29, 0.717) is 16.5 Å². The first-order chi connectivity index (χ1) is 11.5. The zero-order valence-electron chi connectivity index (χ0n) is 13.6. The summed E-state index contributed by atoms with van der Waals surface area (Å²) in [5.41, 5.74) is 14.6. The Morgan fingerprint density at radius 1 is 1.29 bits per heavy atom. The molecule has 3 amide bonds. The van der Waals surface area contributed by atoms with Crippen molar-refractivity contribution in [2.45, 2.75) is 38.5 Å². The lowest BCUT2D eigenvalue weighted by Gasteiger charge is -2.26. The summed E-state index contributed by atoms with van der Waals surface area (Å²) in [6, 6.07) is 7.58. The standard InChI is InChI=1S/C18H21N3O2S/c1-2-3-6-10-9-13-14(16(19)22)17(21-18(20)23)24-15(13)12-8-5-4-7-11(10)12/h4-5,7-8,10H,2-3,6,9H2,1H3,(H2,19,22)(H3,20,21,23). The Balaban J connectivity index is 2.15. The van der Waals surface area contributed by atoms with Crippen molar-refractivity contribution in [3.8, 4) is 10.4 Å². The maximum atomic E-state index is 12.0. The highest BCUT2D eigenvalue weighted by Gasteiger charge is 2.31. The van der Waals surface area contributed by atoms with E-state index in [4.69, 9.17) is 11.5 Å². The first-order valence-electron chi connectivity index (χ1n) is 8.14. The predicted octanol–water partition coefficient (Wildman–Crippen LogP) is 3.83. The summed E-state index contributed by atoms with van der Waals surface area (Å²) in [6.45, 7) is 2.18. The molecule has 0 spiro atoms. The van der Waals surface area contributed by atoms with E-state index in [-0.39, 0.29) is 0 Å². The molecule has 1 unspecified atom stereocenters. The van der Waals surface area contributed by atoms with Crippen LogP contribution < -0.4 is 16.8 Å². The van der Waals surface area contributed by atoms with Crippen LogP contribution in [0.2, 0.25) is 0 Å². The van der Waals surface area contributed by atoms with Gasteiger partial charge in [-0.1, -0.05) is 44.0 Å². The van der Waals surface area contributed by atoms with Crippen LogP contribution in [0.4, 0.5) is 9.80 Å². The van der Waals surface area contributed by atoms with Gasteiger partial charge in [-0.2, -0.15) is 0 Å². The summed E-state index contributed by atoms with van der Waals surface area (Å²) in [7, 11) is 0. The fourth-order valence-electron chi connectivity index (χ4n) is 3.46. The Hall–Kier alpha value is -2.34. The fourth-order valence-corrected chi connectivity index (χ4v) is 4.75. The first kappa shape index (κ1) is 16.5. The van der Waals surface area contributed by atoms with Gasteiger partial charge in [-0.05, 0) is 35.4 Å². The number of anilines is 1. The van der Waals surface area contributed by atoms with Crippen molar-refractivity contribution in [3.63, 3.8) is 0 Å². The molecule has 0 bridgehead atoms. The number of thiophene rings is 1. The number of rotatable bonds is 5. The van der Waals surface area contributed by atoms with Gasteiger partial charge in [0.25, 0.3) is 5.91 Å². The second-order valence-corrected chi connectivity index (χ2v) is 7.12. The van der Waals surface area contributed by atoms with E-state index in [1.165, 1.54) is 16.9 Å². The summed E-state index contributed by atoms with van der Waals surface area (Å²) in [6.07, 6.45) is 4.10. The maximum Gasteiger partial charge on any atom is 0.317 e. The number of nitrogens with one attached hydrogen (secondary N) is 1. The Kier molecular flexibility index (Phi) is 4.57. The van der Waals surface area contributed by atoms with Gasteiger partial charge in [-0.25, -0.2) is 4.79 Å². The number of carbonyl (C=O) groups is 2. The molecule has 5 N–H and O–H groups in total. The number of amides is 3. The van der Waals surface area contributed by atoms with Gasteiger partial charge in [0.2, 0.25) is 0 Å². The summed E-state index contributed by atoms with van der Waals surface area (Å²) < 4.78 is 0. The van der Waals surface area contributed by atoms with Crippen LogP contribution >= 0.6 is 11.3 Å². The molecule has 0 saturated carbocycles. The number of nitrogens with two attached hydrogens (primary N) is 2. The molecular formula is C18H21N3O2S. The minimum atomic E-state index is -0.688. The van der Waals surface area contributed by atoms with Gasteiger partial charge in [0.15, 0.2) is 0 Å². The molecule has 2 aromatic rings. The lowest BCUT2D eigenvalue weighted by atomic mass is 9.79. The van der Waals surface area contributed by atoms with Crippen LogP contribution in [0.25, 0.3) is 10.4 Å². The Bertz CT molecular complexity index is 798. The number of hydrogen-bond acceptors (Lipinski definition) is 3. The van der Waals surface area contributed by atoms with Crippen LogP contribution in [-0.2, 0) is 6.42 Å². The first-order valence-corrected chi connectivity index (χ1v) is 8.95. The van der Waals surface area contributed by atoms with Crippen molar-refractivity contribution in [2.24, 2.45) is 11.5 Å². The van der Waals surface area contributed by atoms with Crippen LogP contribution in [0.5, 0.6) is 0 Å². The van der Waals surface area contributed by atoms with Gasteiger partial charge in [0.1, 0.15) is 5.00 Å². The Labute approximate surface area is 145 Å². The molecule has 1 aliphatic rings. The fraction of sp³-hybridized carbons (Fsp3) is 0.333. The second kappa shape index (κ2) is 6.65. The molecule has 0 radical (unpaired) electrons. The zero-order chi connectivity index (χ0) is 17.3. The van der Waals surface area contributed by atoms with Crippen molar-refractivity contribution in [2.75, 3.05) is 5.32 Å². The number of unbranched alkanes of at least 4 members (excludes halogenated alkanes) is 1. The maximum absolute atomic E-state index is 12.0. The number of urea groups is 1. The van der Waals surface area contributed by atoms with E-state index in [2.05, 4.69) is 24.4 Å². The molecule has 0 aliphatic heterocycles. The summed E-state index contributed by atoms with van der Waals surface area (Å²) in [5, 5.41) is 3.01. The monoisotopic (exact) mass is 343 g/mol. The van der Waals surface area contributed by atoms with Crippen LogP contribution in [0.3, 0.4) is 0 Å². The lowest BCUT2D eigenvalue weighted by Crippen LogP contribution is -2.22. The SMILES string of the molecule is CCCCC1Cc2c(sc(NC(N)=O)c2C(N)=O)-c2ccccc21. The molecule has 5 nitrogen and oxygen atoms in total. The summed E-state index contributed by atoms with van der Waals surface area (Å²) in [4.78, 5) is 24.3. The topological polar surface area (TPSA) is 98.2 Å². The summed E-state index contributed by atoms with van der Waals surface area (Å²) >= 11 is 1.37. The van der Waals surface area contributed by atoms with E-state index < -0.39 is 11.9 Å². The molecule has 0 saturated heterocycles. The largest absolute Gasteiger partial charge is 0.365 e. The number of carbonyl (C=O) groups excluding carboxylic acids is 2.